The number of benzene rings is 2. The van der Waals surface area contributed by atoms with E-state index in [1.165, 1.54) is 0 Å². The molecule has 1 aromatic heterocycles. The number of carbonyl (C=O) groups excluding carboxylic acids is 1. The van der Waals surface area contributed by atoms with Gasteiger partial charge in [-0.15, -0.1) is 0 Å². The van der Waals surface area contributed by atoms with Crippen LogP contribution >= 0.6 is 23.2 Å². The van der Waals surface area contributed by atoms with Crippen molar-refractivity contribution in [2.75, 3.05) is 0 Å². The number of nitrogens with zero attached hydrogens (tertiary/aromatic N) is 1. The molecular weight excluding hydrogens is 347 g/mol. The van der Waals surface area contributed by atoms with Crippen LogP contribution in [0.4, 0.5) is 0 Å². The molecule has 0 aliphatic rings. The SMILES string of the molecule is Cc1c(C(N)=O)cc(-c2ccc(Cl)cc2Cl)n1-c1ccc(O)cc1. The van der Waals surface area contributed by atoms with Crippen molar-refractivity contribution >= 4 is 29.1 Å². The number of phenolic OH excluding ortho intramolecular Hbond substituents is 1. The molecule has 0 unspecified atom stereocenters. The molecule has 0 aliphatic carbocycles. The highest BCUT2D eigenvalue weighted by Gasteiger charge is 2.19. The first-order valence-electron chi connectivity index (χ1n) is 7.15. The van der Waals surface area contributed by atoms with Crippen LogP contribution in [0.1, 0.15) is 16.1 Å². The number of aromatic nitrogens is 1. The first-order valence-corrected chi connectivity index (χ1v) is 7.91. The molecule has 0 aliphatic heterocycles. The fourth-order valence-electron chi connectivity index (χ4n) is 2.69. The Morgan fingerprint density at radius 3 is 2.33 bits per heavy atom. The highest BCUT2D eigenvalue weighted by atomic mass is 35.5. The standard InChI is InChI=1S/C18H14Cl2N2O2/c1-10-15(18(21)24)9-17(14-7-2-11(19)8-16(14)20)22(10)12-3-5-13(23)6-4-12/h2-9,23H,1H3,(H2,21,24). The minimum absolute atomic E-state index is 0.157. The molecule has 0 fully saturated rings. The summed E-state index contributed by atoms with van der Waals surface area (Å²) in [4.78, 5) is 11.8. The molecule has 24 heavy (non-hydrogen) atoms. The molecule has 0 atom stereocenters. The summed E-state index contributed by atoms with van der Waals surface area (Å²) in [7, 11) is 0. The normalized spacial score (nSPS) is 10.8. The van der Waals surface area contributed by atoms with E-state index < -0.39 is 5.91 Å². The highest BCUT2D eigenvalue weighted by Crippen LogP contribution is 2.35. The molecule has 3 N–H and O–H groups in total. The van der Waals surface area contributed by atoms with Crippen LogP contribution in [0.5, 0.6) is 5.75 Å². The van der Waals surface area contributed by atoms with Gasteiger partial charge in [0.1, 0.15) is 5.75 Å². The summed E-state index contributed by atoms with van der Waals surface area (Å²) < 4.78 is 1.87. The van der Waals surface area contributed by atoms with Crippen LogP contribution in [0.25, 0.3) is 16.9 Å². The summed E-state index contributed by atoms with van der Waals surface area (Å²) >= 11 is 12.3. The number of aromatic hydroxyl groups is 1. The molecule has 122 valence electrons. The smallest absolute Gasteiger partial charge is 0.250 e. The van der Waals surface area contributed by atoms with E-state index in [2.05, 4.69) is 0 Å². The van der Waals surface area contributed by atoms with E-state index in [0.717, 1.165) is 11.3 Å². The number of halogens is 2. The molecule has 0 saturated heterocycles. The summed E-state index contributed by atoms with van der Waals surface area (Å²) in [5.74, 6) is -0.360. The number of nitrogens with two attached hydrogens (primary N) is 1. The summed E-state index contributed by atoms with van der Waals surface area (Å²) in [6, 6.07) is 13.5. The summed E-state index contributed by atoms with van der Waals surface area (Å²) in [6.07, 6.45) is 0. The van der Waals surface area contributed by atoms with Gasteiger partial charge in [-0.1, -0.05) is 23.2 Å². The zero-order valence-electron chi connectivity index (χ0n) is 12.8. The van der Waals surface area contributed by atoms with Crippen LogP contribution in [0.2, 0.25) is 10.0 Å². The van der Waals surface area contributed by atoms with Gasteiger partial charge in [0.2, 0.25) is 0 Å². The monoisotopic (exact) mass is 360 g/mol. The number of hydrogen-bond acceptors (Lipinski definition) is 2. The zero-order chi connectivity index (χ0) is 17.4. The molecule has 3 rings (SSSR count). The number of rotatable bonds is 3. The van der Waals surface area contributed by atoms with Gasteiger partial charge in [0.25, 0.3) is 5.91 Å². The Morgan fingerprint density at radius 1 is 1.08 bits per heavy atom. The molecule has 1 heterocycles. The Labute approximate surface area is 149 Å². The lowest BCUT2D eigenvalue weighted by molar-refractivity contribution is 0.0999. The Morgan fingerprint density at radius 2 is 1.75 bits per heavy atom. The maximum Gasteiger partial charge on any atom is 0.250 e. The third-order valence-electron chi connectivity index (χ3n) is 3.83. The lowest BCUT2D eigenvalue weighted by atomic mass is 10.1. The van der Waals surface area contributed by atoms with Gasteiger partial charge in [0.15, 0.2) is 0 Å². The number of hydrogen-bond donors (Lipinski definition) is 2. The number of amides is 1. The Hall–Kier alpha value is -2.43. The molecule has 0 spiro atoms. The average molecular weight is 361 g/mol. The number of primary amides is 1. The maximum absolute atomic E-state index is 11.8. The minimum atomic E-state index is -0.517. The van der Waals surface area contributed by atoms with E-state index in [1.54, 1.807) is 55.5 Å². The third-order valence-corrected chi connectivity index (χ3v) is 4.38. The predicted molar refractivity (Wildman–Crippen MR) is 96.1 cm³/mol. The molecule has 4 nitrogen and oxygen atoms in total. The molecule has 0 bridgehead atoms. The van der Waals surface area contributed by atoms with Gasteiger partial charge in [0, 0.05) is 22.0 Å². The van der Waals surface area contributed by atoms with Crippen LogP contribution in [0.15, 0.2) is 48.5 Å². The second kappa shape index (κ2) is 6.23. The van der Waals surface area contributed by atoms with Crippen LogP contribution in [0, 0.1) is 6.92 Å². The first-order chi connectivity index (χ1) is 11.4. The van der Waals surface area contributed by atoms with E-state index in [4.69, 9.17) is 28.9 Å². The molecule has 0 radical (unpaired) electrons. The highest BCUT2D eigenvalue weighted by molar-refractivity contribution is 6.36. The molecule has 6 heteroatoms. The quantitative estimate of drug-likeness (QED) is 0.718. The minimum Gasteiger partial charge on any atom is -0.508 e. The van der Waals surface area contributed by atoms with Gasteiger partial charge in [-0.2, -0.15) is 0 Å². The fourth-order valence-corrected chi connectivity index (χ4v) is 3.19. The summed E-state index contributed by atoms with van der Waals surface area (Å²) in [6.45, 7) is 1.81. The van der Waals surface area contributed by atoms with Gasteiger partial charge < -0.3 is 15.4 Å². The zero-order valence-corrected chi connectivity index (χ0v) is 14.3. The van der Waals surface area contributed by atoms with Crippen molar-refractivity contribution in [1.82, 2.24) is 4.57 Å². The van der Waals surface area contributed by atoms with Crippen molar-refractivity contribution in [1.29, 1.82) is 0 Å². The Kier molecular flexibility index (Phi) is 4.26. The summed E-state index contributed by atoms with van der Waals surface area (Å²) in [5, 5.41) is 10.5. The van der Waals surface area contributed by atoms with Gasteiger partial charge in [-0.05, 0) is 55.5 Å². The van der Waals surface area contributed by atoms with Crippen molar-refractivity contribution in [3.8, 4) is 22.7 Å². The largest absolute Gasteiger partial charge is 0.508 e. The number of phenols is 1. The molecule has 3 aromatic rings. The Bertz CT molecular complexity index is 931. The summed E-state index contributed by atoms with van der Waals surface area (Å²) in [5.41, 5.74) is 8.81. The van der Waals surface area contributed by atoms with E-state index >= 15 is 0 Å². The van der Waals surface area contributed by atoms with Crippen LogP contribution < -0.4 is 5.73 Å². The van der Waals surface area contributed by atoms with Crippen molar-refractivity contribution in [3.63, 3.8) is 0 Å². The molecule has 2 aromatic carbocycles. The van der Waals surface area contributed by atoms with E-state index in [-0.39, 0.29) is 5.75 Å². The van der Waals surface area contributed by atoms with Crippen molar-refractivity contribution in [2.24, 2.45) is 5.73 Å². The molecule has 0 saturated carbocycles. The number of carbonyl (C=O) groups is 1. The second-order valence-corrected chi connectivity index (χ2v) is 6.21. The maximum atomic E-state index is 11.8. The predicted octanol–water partition coefficient (Wildman–Crippen LogP) is 4.56. The van der Waals surface area contributed by atoms with Crippen LogP contribution in [-0.4, -0.2) is 15.6 Å². The lowest BCUT2D eigenvalue weighted by Crippen LogP contribution is -2.12. The van der Waals surface area contributed by atoms with E-state index in [0.29, 0.717) is 27.0 Å². The van der Waals surface area contributed by atoms with Crippen molar-refractivity contribution < 1.29 is 9.90 Å². The van der Waals surface area contributed by atoms with Crippen LogP contribution in [-0.2, 0) is 0 Å². The first kappa shape index (κ1) is 16.4. The fraction of sp³-hybridized carbons (Fsp3) is 0.0556. The third kappa shape index (κ3) is 2.86. The van der Waals surface area contributed by atoms with Crippen molar-refractivity contribution in [2.45, 2.75) is 6.92 Å². The van der Waals surface area contributed by atoms with Gasteiger partial charge in [-0.25, -0.2) is 0 Å². The van der Waals surface area contributed by atoms with Gasteiger partial charge >= 0.3 is 0 Å². The van der Waals surface area contributed by atoms with Crippen molar-refractivity contribution in [3.05, 3.63) is 69.8 Å². The van der Waals surface area contributed by atoms with Crippen LogP contribution in [0.3, 0.4) is 0 Å². The van der Waals surface area contributed by atoms with Gasteiger partial charge in [-0.3, -0.25) is 4.79 Å². The van der Waals surface area contributed by atoms with E-state index in [9.17, 15) is 9.90 Å². The Balaban J connectivity index is 2.30. The molecule has 1 amide bonds. The lowest BCUT2D eigenvalue weighted by Gasteiger charge is -2.13. The second-order valence-electron chi connectivity index (χ2n) is 5.37. The molecular formula is C18H14Cl2N2O2. The van der Waals surface area contributed by atoms with E-state index in [1.807, 2.05) is 4.57 Å². The van der Waals surface area contributed by atoms with Gasteiger partial charge in [0.05, 0.1) is 16.3 Å². The average Bonchev–Trinajstić information content (AvgIpc) is 2.86. The topological polar surface area (TPSA) is 68.2 Å².